The Balaban J connectivity index is 1.95. The highest BCUT2D eigenvalue weighted by Crippen LogP contribution is 2.32. The van der Waals surface area contributed by atoms with Gasteiger partial charge in [0.25, 0.3) is 0 Å². The van der Waals surface area contributed by atoms with Crippen LogP contribution in [0, 0.1) is 5.92 Å². The zero-order valence-corrected chi connectivity index (χ0v) is 9.26. The predicted octanol–water partition coefficient (Wildman–Crippen LogP) is 1.91. The first-order valence-corrected chi connectivity index (χ1v) is 5.85. The van der Waals surface area contributed by atoms with E-state index in [1.165, 1.54) is 32.1 Å². The van der Waals surface area contributed by atoms with E-state index in [2.05, 4.69) is 17.2 Å². The van der Waals surface area contributed by atoms with Gasteiger partial charge >= 0.3 is 0 Å². The maximum absolute atomic E-state index is 8.91. The number of hydrogen-bond acceptors (Lipinski definition) is 3. The monoisotopic (exact) mass is 209 g/mol. The highest BCUT2D eigenvalue weighted by Gasteiger charge is 2.21. The summed E-state index contributed by atoms with van der Waals surface area (Å²) in [7, 11) is 0. The molecule has 1 aromatic rings. The quantitative estimate of drug-likeness (QED) is 0.827. The fraction of sp³-hybridized carbons (Fsp3) is 0.818. The lowest BCUT2D eigenvalue weighted by Crippen LogP contribution is -2.18. The molecule has 0 radical (unpaired) electrons. The maximum atomic E-state index is 8.91. The molecule has 1 N–H and O–H groups in total. The van der Waals surface area contributed by atoms with Crippen molar-refractivity contribution in [3.63, 3.8) is 0 Å². The average Bonchev–Trinajstić information content (AvgIpc) is 2.78. The van der Waals surface area contributed by atoms with Gasteiger partial charge in [0.1, 0.15) is 5.69 Å². The lowest BCUT2D eigenvalue weighted by molar-refractivity contribution is 0.253. The van der Waals surface area contributed by atoms with Crippen molar-refractivity contribution in [3.8, 4) is 0 Å². The number of rotatable bonds is 3. The molecule has 4 heteroatoms. The minimum atomic E-state index is -0.00962. The van der Waals surface area contributed by atoms with E-state index < -0.39 is 0 Å². The van der Waals surface area contributed by atoms with Gasteiger partial charge in [-0.15, -0.1) is 5.10 Å². The van der Waals surface area contributed by atoms with Gasteiger partial charge in [0.05, 0.1) is 18.8 Å². The number of aliphatic hydroxyl groups excluding tert-OH is 1. The second-order valence-corrected chi connectivity index (χ2v) is 4.43. The molecule has 1 heterocycles. The normalized spacial score (nSPS) is 26.8. The second-order valence-electron chi connectivity index (χ2n) is 4.43. The van der Waals surface area contributed by atoms with E-state index in [-0.39, 0.29) is 6.61 Å². The first kappa shape index (κ1) is 10.6. The Labute approximate surface area is 90.3 Å². The number of nitrogens with zero attached hydrogens (tertiary/aromatic N) is 3. The molecule has 1 saturated carbocycles. The molecule has 0 saturated heterocycles. The van der Waals surface area contributed by atoms with Crippen molar-refractivity contribution >= 4 is 0 Å². The molecule has 1 aromatic heterocycles. The minimum absolute atomic E-state index is 0.00962. The Bertz CT molecular complexity index is 303. The van der Waals surface area contributed by atoms with Gasteiger partial charge in [-0.1, -0.05) is 18.6 Å². The van der Waals surface area contributed by atoms with Crippen LogP contribution in [0.1, 0.15) is 50.8 Å². The summed E-state index contributed by atoms with van der Waals surface area (Å²) in [4.78, 5) is 0. The predicted molar refractivity (Wildman–Crippen MR) is 57.2 cm³/mol. The topological polar surface area (TPSA) is 50.9 Å². The molecule has 0 unspecified atom stereocenters. The van der Waals surface area contributed by atoms with Crippen molar-refractivity contribution in [3.05, 3.63) is 11.9 Å². The van der Waals surface area contributed by atoms with E-state index in [4.69, 9.17) is 5.11 Å². The molecule has 4 nitrogen and oxygen atoms in total. The molecule has 0 aliphatic heterocycles. The van der Waals surface area contributed by atoms with Gasteiger partial charge in [-0.3, -0.25) is 0 Å². The van der Waals surface area contributed by atoms with Gasteiger partial charge in [-0.05, 0) is 31.6 Å². The molecular weight excluding hydrogens is 190 g/mol. The zero-order valence-electron chi connectivity index (χ0n) is 9.26. The van der Waals surface area contributed by atoms with Crippen LogP contribution in [0.4, 0.5) is 0 Å². The number of aromatic nitrogens is 3. The van der Waals surface area contributed by atoms with Crippen LogP contribution in [0.25, 0.3) is 0 Å². The van der Waals surface area contributed by atoms with Gasteiger partial charge in [0.15, 0.2) is 0 Å². The lowest BCUT2D eigenvalue weighted by Gasteiger charge is -2.27. The summed E-state index contributed by atoms with van der Waals surface area (Å²) in [6.45, 7) is 2.26. The fourth-order valence-electron chi connectivity index (χ4n) is 2.38. The molecule has 1 fully saturated rings. The third kappa shape index (κ3) is 2.37. The van der Waals surface area contributed by atoms with Crippen LogP contribution in [0.2, 0.25) is 0 Å². The second kappa shape index (κ2) is 4.75. The van der Waals surface area contributed by atoms with Gasteiger partial charge in [0.2, 0.25) is 0 Å². The Morgan fingerprint density at radius 2 is 2.13 bits per heavy atom. The van der Waals surface area contributed by atoms with E-state index in [9.17, 15) is 0 Å². The van der Waals surface area contributed by atoms with E-state index in [0.717, 1.165) is 5.92 Å². The van der Waals surface area contributed by atoms with Gasteiger partial charge < -0.3 is 5.11 Å². The van der Waals surface area contributed by atoms with Crippen LogP contribution >= 0.6 is 0 Å². The highest BCUT2D eigenvalue weighted by atomic mass is 16.3. The third-order valence-electron chi connectivity index (χ3n) is 3.49. The van der Waals surface area contributed by atoms with Crippen LogP contribution < -0.4 is 0 Å². The summed E-state index contributed by atoms with van der Waals surface area (Å²) in [6, 6.07) is 0.501. The largest absolute Gasteiger partial charge is 0.390 e. The number of hydrogen-bond donors (Lipinski definition) is 1. The summed E-state index contributed by atoms with van der Waals surface area (Å²) >= 11 is 0. The standard InChI is InChI=1S/C11H19N3O/c1-2-9-3-5-11(6-4-9)14-7-10(8-15)12-13-14/h7,9,11,15H,2-6,8H2,1H3. The summed E-state index contributed by atoms with van der Waals surface area (Å²) in [5.41, 5.74) is 0.674. The zero-order chi connectivity index (χ0) is 10.7. The molecule has 2 rings (SSSR count). The Morgan fingerprint density at radius 3 is 2.67 bits per heavy atom. The maximum Gasteiger partial charge on any atom is 0.108 e. The summed E-state index contributed by atoms with van der Waals surface area (Å²) in [5, 5.41) is 16.9. The van der Waals surface area contributed by atoms with E-state index in [0.29, 0.717) is 11.7 Å². The minimum Gasteiger partial charge on any atom is -0.390 e. The highest BCUT2D eigenvalue weighted by molar-refractivity contribution is 4.91. The van der Waals surface area contributed by atoms with Crippen molar-refractivity contribution in [1.82, 2.24) is 15.0 Å². The van der Waals surface area contributed by atoms with Crippen LogP contribution in [-0.4, -0.2) is 20.1 Å². The molecule has 0 aromatic carbocycles. The van der Waals surface area contributed by atoms with E-state index in [1.807, 2.05) is 10.9 Å². The van der Waals surface area contributed by atoms with Crippen molar-refractivity contribution in [1.29, 1.82) is 0 Å². The van der Waals surface area contributed by atoms with E-state index in [1.54, 1.807) is 0 Å². The molecule has 15 heavy (non-hydrogen) atoms. The number of aliphatic hydroxyl groups is 1. The molecule has 0 amide bonds. The SMILES string of the molecule is CCC1CCC(n2cc(CO)nn2)CC1. The van der Waals surface area contributed by atoms with Crippen molar-refractivity contribution < 1.29 is 5.11 Å². The van der Waals surface area contributed by atoms with Gasteiger partial charge in [-0.2, -0.15) is 0 Å². The molecule has 0 atom stereocenters. The summed E-state index contributed by atoms with van der Waals surface area (Å²) in [5.74, 6) is 0.905. The van der Waals surface area contributed by atoms with Crippen LogP contribution in [0.15, 0.2) is 6.20 Å². The van der Waals surface area contributed by atoms with E-state index >= 15 is 0 Å². The Hall–Kier alpha value is -0.900. The third-order valence-corrected chi connectivity index (χ3v) is 3.49. The van der Waals surface area contributed by atoms with Crippen LogP contribution in [0.5, 0.6) is 0 Å². The van der Waals surface area contributed by atoms with Crippen molar-refractivity contribution in [2.45, 2.75) is 51.7 Å². The molecular formula is C11H19N3O. The average molecular weight is 209 g/mol. The smallest absolute Gasteiger partial charge is 0.108 e. The lowest BCUT2D eigenvalue weighted by atomic mass is 9.85. The first-order chi connectivity index (χ1) is 7.33. The fourth-order valence-corrected chi connectivity index (χ4v) is 2.38. The Kier molecular flexibility index (Phi) is 3.36. The van der Waals surface area contributed by atoms with Crippen LogP contribution in [0.3, 0.4) is 0 Å². The molecule has 1 aliphatic carbocycles. The van der Waals surface area contributed by atoms with Crippen LogP contribution in [-0.2, 0) is 6.61 Å². The van der Waals surface area contributed by atoms with Crippen molar-refractivity contribution in [2.24, 2.45) is 5.92 Å². The molecule has 0 bridgehead atoms. The summed E-state index contributed by atoms with van der Waals surface area (Å²) < 4.78 is 1.93. The molecule has 1 aliphatic rings. The Morgan fingerprint density at radius 1 is 1.40 bits per heavy atom. The van der Waals surface area contributed by atoms with Gasteiger partial charge in [-0.25, -0.2) is 4.68 Å². The molecule has 84 valence electrons. The first-order valence-electron chi connectivity index (χ1n) is 5.85. The molecule has 0 spiro atoms. The van der Waals surface area contributed by atoms with Gasteiger partial charge in [0, 0.05) is 0 Å². The van der Waals surface area contributed by atoms with Crippen molar-refractivity contribution in [2.75, 3.05) is 0 Å². The summed E-state index contributed by atoms with van der Waals surface area (Å²) in [6.07, 6.45) is 8.17.